The molecule has 24 heavy (non-hydrogen) atoms. The number of aromatic nitrogens is 3. The lowest BCUT2D eigenvalue weighted by Crippen LogP contribution is -2.33. The lowest BCUT2D eigenvalue weighted by molar-refractivity contribution is -0.141. The van der Waals surface area contributed by atoms with Crippen molar-refractivity contribution >= 4 is 11.9 Å². The van der Waals surface area contributed by atoms with Gasteiger partial charge >= 0.3 is 5.97 Å². The zero-order valence-corrected chi connectivity index (χ0v) is 13.5. The van der Waals surface area contributed by atoms with Crippen LogP contribution in [-0.4, -0.2) is 38.3 Å². The summed E-state index contributed by atoms with van der Waals surface area (Å²) in [7, 11) is 0. The largest absolute Gasteiger partial charge is 0.481 e. The van der Waals surface area contributed by atoms with E-state index in [0.717, 1.165) is 0 Å². The Morgan fingerprint density at radius 2 is 2.00 bits per heavy atom. The number of benzene rings is 1. The molecule has 2 aromatic rings. The molecule has 0 aliphatic carbocycles. The zero-order chi connectivity index (χ0) is 17.7. The monoisotopic (exact) mass is 334 g/mol. The zero-order valence-electron chi connectivity index (χ0n) is 13.5. The minimum Gasteiger partial charge on any atom is -0.481 e. The number of nitrogens with one attached hydrogen (secondary N) is 1. The summed E-state index contributed by atoms with van der Waals surface area (Å²) in [5.41, 5.74) is 0.579. The molecule has 1 heterocycles. The second-order valence-corrected chi connectivity index (χ2v) is 5.40. The van der Waals surface area contributed by atoms with E-state index in [2.05, 4.69) is 15.4 Å². The second-order valence-electron chi connectivity index (χ2n) is 5.40. The van der Waals surface area contributed by atoms with Crippen LogP contribution in [0.15, 0.2) is 24.3 Å². The van der Waals surface area contributed by atoms with E-state index in [9.17, 15) is 14.0 Å². The average Bonchev–Trinajstić information content (AvgIpc) is 2.93. The Morgan fingerprint density at radius 1 is 1.33 bits per heavy atom. The fourth-order valence-electron chi connectivity index (χ4n) is 2.27. The van der Waals surface area contributed by atoms with Gasteiger partial charge in [0.1, 0.15) is 11.6 Å². The fraction of sp³-hybridized carbons (Fsp3) is 0.375. The maximum Gasteiger partial charge on any atom is 0.308 e. The summed E-state index contributed by atoms with van der Waals surface area (Å²) in [6.07, 6.45) is 1.19. The molecule has 0 bridgehead atoms. The Morgan fingerprint density at radius 3 is 2.58 bits per heavy atom. The van der Waals surface area contributed by atoms with Gasteiger partial charge in [-0.2, -0.15) is 0 Å². The van der Waals surface area contributed by atoms with E-state index in [4.69, 9.17) is 5.11 Å². The van der Waals surface area contributed by atoms with Gasteiger partial charge in [-0.15, -0.1) is 5.10 Å². The maximum atomic E-state index is 13.0. The highest BCUT2D eigenvalue weighted by Crippen LogP contribution is 2.11. The van der Waals surface area contributed by atoms with Crippen molar-refractivity contribution in [2.24, 2.45) is 5.92 Å². The molecule has 0 aliphatic heterocycles. The fourth-order valence-corrected chi connectivity index (χ4v) is 2.27. The number of carboxylic acid groups (broad SMARTS) is 1. The van der Waals surface area contributed by atoms with Crippen molar-refractivity contribution in [1.29, 1.82) is 0 Å². The molecule has 2 N–H and O–H groups in total. The summed E-state index contributed by atoms with van der Waals surface area (Å²) in [6.45, 7) is 3.57. The van der Waals surface area contributed by atoms with Crippen LogP contribution in [0, 0.1) is 18.7 Å². The Bertz CT molecular complexity index is 727. The number of nitrogens with zero attached hydrogens (tertiary/aromatic N) is 3. The van der Waals surface area contributed by atoms with Gasteiger partial charge in [-0.05, 0) is 37.6 Å². The number of carbonyl (C=O) groups excluding carboxylic acids is 1. The quantitative estimate of drug-likeness (QED) is 0.806. The number of carboxylic acids is 1. The van der Waals surface area contributed by atoms with Gasteiger partial charge in [0.15, 0.2) is 0 Å². The van der Waals surface area contributed by atoms with Crippen LogP contribution in [0.4, 0.5) is 4.39 Å². The van der Waals surface area contributed by atoms with Gasteiger partial charge in [0, 0.05) is 6.54 Å². The molecule has 7 nitrogen and oxygen atoms in total. The van der Waals surface area contributed by atoms with Crippen LogP contribution in [0.1, 0.15) is 36.2 Å². The number of aryl methyl sites for hydroxylation is 1. The average molecular weight is 334 g/mol. The first kappa shape index (κ1) is 17.6. The van der Waals surface area contributed by atoms with Crippen LogP contribution in [0.25, 0.3) is 5.69 Å². The van der Waals surface area contributed by atoms with Gasteiger partial charge in [0.05, 0.1) is 11.6 Å². The minimum atomic E-state index is -0.946. The summed E-state index contributed by atoms with van der Waals surface area (Å²) in [5.74, 6) is -2.09. The Balaban J connectivity index is 2.09. The highest BCUT2D eigenvalue weighted by molar-refractivity contribution is 5.90. The summed E-state index contributed by atoms with van der Waals surface area (Å²) in [6, 6.07) is 5.64. The highest BCUT2D eigenvalue weighted by Gasteiger charge is 2.20. The second kappa shape index (κ2) is 7.67. The maximum absolute atomic E-state index is 13.0. The van der Waals surface area contributed by atoms with Gasteiger partial charge < -0.3 is 10.4 Å². The van der Waals surface area contributed by atoms with Crippen LogP contribution in [0.5, 0.6) is 0 Å². The molecular formula is C16H19FN4O3. The number of halogens is 1. The molecule has 8 heteroatoms. The summed E-state index contributed by atoms with van der Waals surface area (Å²) in [4.78, 5) is 27.3. The van der Waals surface area contributed by atoms with Crippen LogP contribution >= 0.6 is 0 Å². The van der Waals surface area contributed by atoms with E-state index in [1.54, 1.807) is 6.92 Å². The lowest BCUT2D eigenvalue weighted by Gasteiger charge is -2.11. The van der Waals surface area contributed by atoms with Gasteiger partial charge in [-0.25, -0.2) is 14.1 Å². The van der Waals surface area contributed by atoms with E-state index in [1.165, 1.54) is 28.9 Å². The number of hydrogen-bond acceptors (Lipinski definition) is 4. The van der Waals surface area contributed by atoms with Gasteiger partial charge in [0.25, 0.3) is 5.91 Å². The van der Waals surface area contributed by atoms with Crippen molar-refractivity contribution in [2.45, 2.75) is 26.7 Å². The number of aliphatic carboxylic acids is 1. The predicted octanol–water partition coefficient (Wildman–Crippen LogP) is 1.95. The first-order valence-corrected chi connectivity index (χ1v) is 7.63. The van der Waals surface area contributed by atoms with Crippen LogP contribution < -0.4 is 5.32 Å². The first-order chi connectivity index (χ1) is 11.4. The molecule has 0 spiro atoms. The topological polar surface area (TPSA) is 97.1 Å². The van der Waals surface area contributed by atoms with E-state index in [-0.39, 0.29) is 18.2 Å². The van der Waals surface area contributed by atoms with Crippen molar-refractivity contribution in [1.82, 2.24) is 20.1 Å². The van der Waals surface area contributed by atoms with Crippen LogP contribution in [-0.2, 0) is 4.79 Å². The molecule has 1 aromatic heterocycles. The number of hydrogen-bond donors (Lipinski definition) is 2. The molecule has 0 aliphatic rings. The summed E-state index contributed by atoms with van der Waals surface area (Å²) in [5, 5.41) is 15.7. The molecule has 0 fully saturated rings. The third-order valence-corrected chi connectivity index (χ3v) is 3.54. The normalized spacial score (nSPS) is 12.0. The van der Waals surface area contributed by atoms with Crippen molar-refractivity contribution in [3.8, 4) is 5.69 Å². The smallest absolute Gasteiger partial charge is 0.308 e. The van der Waals surface area contributed by atoms with Gasteiger partial charge in [0.2, 0.25) is 5.82 Å². The molecule has 2 rings (SSSR count). The number of rotatable bonds is 7. The molecule has 0 radical (unpaired) electrons. The molecule has 0 saturated carbocycles. The van der Waals surface area contributed by atoms with E-state index in [1.807, 2.05) is 6.92 Å². The van der Waals surface area contributed by atoms with Crippen LogP contribution in [0.3, 0.4) is 0 Å². The lowest BCUT2D eigenvalue weighted by atomic mass is 10.0. The molecular weight excluding hydrogens is 315 g/mol. The molecule has 128 valence electrons. The van der Waals surface area contributed by atoms with Gasteiger partial charge in [-0.1, -0.05) is 13.3 Å². The van der Waals surface area contributed by atoms with Crippen LogP contribution in [0.2, 0.25) is 0 Å². The molecule has 0 saturated heterocycles. The third-order valence-electron chi connectivity index (χ3n) is 3.54. The van der Waals surface area contributed by atoms with Crippen molar-refractivity contribution < 1.29 is 19.1 Å². The molecule has 1 atom stereocenters. The van der Waals surface area contributed by atoms with E-state index in [0.29, 0.717) is 24.4 Å². The first-order valence-electron chi connectivity index (χ1n) is 7.63. The molecule has 1 unspecified atom stereocenters. The Labute approximate surface area is 138 Å². The van der Waals surface area contributed by atoms with Crippen molar-refractivity contribution in [3.05, 3.63) is 41.7 Å². The standard InChI is InChI=1S/C16H19FN4O3/c1-3-4-11(16(23)24)9-18-15(22)14-19-10(2)21(20-14)13-7-5-12(17)6-8-13/h5-8,11H,3-4,9H2,1-2H3,(H,18,22)(H,23,24). The SMILES string of the molecule is CCCC(CNC(=O)c1nc(C)n(-c2ccc(F)cc2)n1)C(=O)O. The van der Waals surface area contributed by atoms with E-state index >= 15 is 0 Å². The Hall–Kier alpha value is -2.77. The number of amides is 1. The predicted molar refractivity (Wildman–Crippen MR) is 84.4 cm³/mol. The van der Waals surface area contributed by atoms with Crippen molar-refractivity contribution in [2.75, 3.05) is 6.54 Å². The molecule has 1 amide bonds. The van der Waals surface area contributed by atoms with Gasteiger partial charge in [-0.3, -0.25) is 9.59 Å². The van der Waals surface area contributed by atoms with Crippen molar-refractivity contribution in [3.63, 3.8) is 0 Å². The summed E-state index contributed by atoms with van der Waals surface area (Å²) >= 11 is 0. The minimum absolute atomic E-state index is 0.0200. The Kier molecular flexibility index (Phi) is 5.62. The summed E-state index contributed by atoms with van der Waals surface area (Å²) < 4.78 is 14.4. The third kappa shape index (κ3) is 4.15. The van der Waals surface area contributed by atoms with E-state index < -0.39 is 17.8 Å². The highest BCUT2D eigenvalue weighted by atomic mass is 19.1. The number of carbonyl (C=O) groups is 2. The molecule has 1 aromatic carbocycles.